The van der Waals surface area contributed by atoms with Crippen LogP contribution in [0, 0.1) is 5.82 Å². The second kappa shape index (κ2) is 4.75. The molecule has 4 nitrogen and oxygen atoms in total. The summed E-state index contributed by atoms with van der Waals surface area (Å²) in [6.07, 6.45) is 0. The number of carbonyl (C=O) groups is 1. The van der Waals surface area contributed by atoms with E-state index in [1.54, 1.807) is 0 Å². The van der Waals surface area contributed by atoms with Crippen molar-refractivity contribution in [2.75, 3.05) is 11.1 Å². The highest BCUT2D eigenvalue weighted by Gasteiger charge is 2.08. The number of nitrogens with one attached hydrogen (secondary N) is 1. The standard InChI is InChI=1S/C13H11FN2O2/c14-9-3-1-8(2-4-9)13(18)16-12-6-5-10(17)7-11(12)15/h1-7,17H,15H2,(H,16,18). The van der Waals surface area contributed by atoms with Crippen LogP contribution in [0.15, 0.2) is 42.5 Å². The molecule has 0 spiro atoms. The van der Waals surface area contributed by atoms with Crippen LogP contribution in [0.2, 0.25) is 0 Å². The van der Waals surface area contributed by atoms with Crippen LogP contribution in [0.4, 0.5) is 15.8 Å². The van der Waals surface area contributed by atoms with Gasteiger partial charge in [-0.25, -0.2) is 4.39 Å². The highest BCUT2D eigenvalue weighted by molar-refractivity contribution is 6.05. The zero-order chi connectivity index (χ0) is 13.1. The van der Waals surface area contributed by atoms with E-state index in [0.717, 1.165) is 0 Å². The second-order valence-electron chi connectivity index (χ2n) is 3.73. The summed E-state index contributed by atoms with van der Waals surface area (Å²) in [6, 6.07) is 9.40. The molecule has 4 N–H and O–H groups in total. The summed E-state index contributed by atoms with van der Waals surface area (Å²) in [5, 5.41) is 11.8. The molecule has 0 aliphatic heterocycles. The number of halogens is 1. The Morgan fingerprint density at radius 1 is 1.17 bits per heavy atom. The van der Waals surface area contributed by atoms with E-state index in [0.29, 0.717) is 11.3 Å². The third kappa shape index (κ3) is 2.57. The van der Waals surface area contributed by atoms with Gasteiger partial charge in [0, 0.05) is 11.6 Å². The number of hydrogen-bond acceptors (Lipinski definition) is 3. The minimum absolute atomic E-state index is 0.0206. The molecule has 2 aromatic rings. The summed E-state index contributed by atoms with van der Waals surface area (Å²) in [5.41, 5.74) is 6.61. The van der Waals surface area contributed by atoms with Crippen molar-refractivity contribution in [3.63, 3.8) is 0 Å². The van der Waals surface area contributed by atoms with Crippen molar-refractivity contribution in [1.82, 2.24) is 0 Å². The van der Waals surface area contributed by atoms with Gasteiger partial charge in [0.2, 0.25) is 0 Å². The molecule has 2 aromatic carbocycles. The lowest BCUT2D eigenvalue weighted by Gasteiger charge is -2.08. The summed E-state index contributed by atoms with van der Waals surface area (Å²) in [7, 11) is 0. The molecule has 18 heavy (non-hydrogen) atoms. The van der Waals surface area contributed by atoms with Crippen LogP contribution >= 0.6 is 0 Å². The lowest BCUT2D eigenvalue weighted by molar-refractivity contribution is 0.102. The number of amides is 1. The Morgan fingerprint density at radius 3 is 2.44 bits per heavy atom. The van der Waals surface area contributed by atoms with Crippen molar-refractivity contribution in [3.05, 3.63) is 53.8 Å². The van der Waals surface area contributed by atoms with Crippen LogP contribution in [-0.2, 0) is 0 Å². The Hall–Kier alpha value is -2.56. The Labute approximate surface area is 103 Å². The summed E-state index contributed by atoms with van der Waals surface area (Å²) in [4.78, 5) is 11.8. The number of nitrogens with two attached hydrogens (primary N) is 1. The van der Waals surface area contributed by atoms with Crippen LogP contribution in [-0.4, -0.2) is 11.0 Å². The van der Waals surface area contributed by atoms with E-state index in [1.165, 1.54) is 42.5 Å². The van der Waals surface area contributed by atoms with Gasteiger partial charge in [-0.2, -0.15) is 0 Å². The van der Waals surface area contributed by atoms with E-state index in [9.17, 15) is 14.3 Å². The van der Waals surface area contributed by atoms with Gasteiger partial charge in [0.05, 0.1) is 11.4 Å². The van der Waals surface area contributed by atoms with E-state index in [4.69, 9.17) is 5.73 Å². The van der Waals surface area contributed by atoms with Crippen LogP contribution in [0.5, 0.6) is 5.75 Å². The molecule has 0 radical (unpaired) electrons. The predicted molar refractivity (Wildman–Crippen MR) is 66.9 cm³/mol. The van der Waals surface area contributed by atoms with Gasteiger partial charge < -0.3 is 16.2 Å². The van der Waals surface area contributed by atoms with E-state index in [1.807, 2.05) is 0 Å². The molecule has 0 fully saturated rings. The number of nitrogen functional groups attached to an aromatic ring is 1. The second-order valence-corrected chi connectivity index (χ2v) is 3.73. The maximum atomic E-state index is 12.7. The quantitative estimate of drug-likeness (QED) is 0.562. The fourth-order valence-electron chi connectivity index (χ4n) is 1.46. The monoisotopic (exact) mass is 246 g/mol. The van der Waals surface area contributed by atoms with Crippen LogP contribution < -0.4 is 11.1 Å². The van der Waals surface area contributed by atoms with E-state index in [-0.39, 0.29) is 11.4 Å². The Kier molecular flexibility index (Phi) is 3.14. The molecule has 0 aliphatic rings. The maximum Gasteiger partial charge on any atom is 0.255 e. The molecule has 0 unspecified atom stereocenters. The van der Waals surface area contributed by atoms with Crippen LogP contribution in [0.25, 0.3) is 0 Å². The first kappa shape index (κ1) is 11.9. The number of carbonyl (C=O) groups excluding carboxylic acids is 1. The molecule has 0 heterocycles. The number of hydrogen-bond donors (Lipinski definition) is 3. The maximum absolute atomic E-state index is 12.7. The minimum Gasteiger partial charge on any atom is -0.508 e. The smallest absolute Gasteiger partial charge is 0.255 e. The molecule has 5 heteroatoms. The van der Waals surface area contributed by atoms with Gasteiger partial charge in [-0.1, -0.05) is 0 Å². The molecule has 2 rings (SSSR count). The molecular formula is C13H11FN2O2. The van der Waals surface area contributed by atoms with Crippen molar-refractivity contribution in [2.45, 2.75) is 0 Å². The number of aromatic hydroxyl groups is 1. The Morgan fingerprint density at radius 2 is 1.83 bits per heavy atom. The molecule has 0 saturated carbocycles. The molecule has 0 atom stereocenters. The fraction of sp³-hybridized carbons (Fsp3) is 0. The molecule has 0 aliphatic carbocycles. The number of phenolic OH excluding ortho intramolecular Hbond substituents is 1. The third-order valence-corrected chi connectivity index (χ3v) is 2.39. The van der Waals surface area contributed by atoms with E-state index >= 15 is 0 Å². The summed E-state index contributed by atoms with van der Waals surface area (Å²) in [5.74, 6) is -0.782. The normalized spacial score (nSPS) is 10.1. The lowest BCUT2D eigenvalue weighted by Crippen LogP contribution is -2.13. The van der Waals surface area contributed by atoms with Crippen molar-refractivity contribution < 1.29 is 14.3 Å². The van der Waals surface area contributed by atoms with Gasteiger partial charge >= 0.3 is 0 Å². The van der Waals surface area contributed by atoms with Crippen molar-refractivity contribution >= 4 is 17.3 Å². The zero-order valence-electron chi connectivity index (χ0n) is 9.35. The van der Waals surface area contributed by atoms with Gasteiger partial charge in [0.25, 0.3) is 5.91 Å². The SMILES string of the molecule is Nc1cc(O)ccc1NC(=O)c1ccc(F)cc1. The van der Waals surface area contributed by atoms with Gasteiger partial charge in [0.15, 0.2) is 0 Å². The van der Waals surface area contributed by atoms with Gasteiger partial charge in [-0.3, -0.25) is 4.79 Å². The summed E-state index contributed by atoms with van der Waals surface area (Å²) < 4.78 is 12.7. The highest BCUT2D eigenvalue weighted by Crippen LogP contribution is 2.23. The molecule has 1 amide bonds. The first-order chi connectivity index (χ1) is 8.56. The molecular weight excluding hydrogens is 235 g/mol. The number of rotatable bonds is 2. The Balaban J connectivity index is 2.18. The van der Waals surface area contributed by atoms with E-state index < -0.39 is 11.7 Å². The summed E-state index contributed by atoms with van der Waals surface area (Å²) >= 11 is 0. The lowest BCUT2D eigenvalue weighted by atomic mass is 10.2. The van der Waals surface area contributed by atoms with Gasteiger partial charge in [0.1, 0.15) is 11.6 Å². The Bertz CT molecular complexity index is 582. The highest BCUT2D eigenvalue weighted by atomic mass is 19.1. The topological polar surface area (TPSA) is 75.3 Å². The molecule has 92 valence electrons. The zero-order valence-corrected chi connectivity index (χ0v) is 9.35. The average molecular weight is 246 g/mol. The molecule has 0 bridgehead atoms. The van der Waals surface area contributed by atoms with Crippen LogP contribution in [0.3, 0.4) is 0 Å². The van der Waals surface area contributed by atoms with Crippen molar-refractivity contribution in [2.24, 2.45) is 0 Å². The largest absolute Gasteiger partial charge is 0.508 e. The molecule has 0 aromatic heterocycles. The van der Waals surface area contributed by atoms with Gasteiger partial charge in [-0.05, 0) is 36.4 Å². The van der Waals surface area contributed by atoms with Gasteiger partial charge in [-0.15, -0.1) is 0 Å². The minimum atomic E-state index is -0.407. The van der Waals surface area contributed by atoms with Crippen molar-refractivity contribution in [3.8, 4) is 5.75 Å². The number of anilines is 2. The fourth-order valence-corrected chi connectivity index (χ4v) is 1.46. The average Bonchev–Trinajstić information content (AvgIpc) is 2.33. The molecule has 0 saturated heterocycles. The van der Waals surface area contributed by atoms with E-state index in [2.05, 4.69) is 5.32 Å². The number of phenols is 1. The third-order valence-electron chi connectivity index (χ3n) is 2.39. The first-order valence-electron chi connectivity index (χ1n) is 5.21. The van der Waals surface area contributed by atoms with Crippen LogP contribution in [0.1, 0.15) is 10.4 Å². The van der Waals surface area contributed by atoms with Crippen molar-refractivity contribution in [1.29, 1.82) is 0 Å². The number of benzene rings is 2. The predicted octanol–water partition coefficient (Wildman–Crippen LogP) is 2.37. The first-order valence-corrected chi connectivity index (χ1v) is 5.21. The summed E-state index contributed by atoms with van der Waals surface area (Å²) in [6.45, 7) is 0.